The summed E-state index contributed by atoms with van der Waals surface area (Å²) in [5.74, 6) is -1.01. The lowest BCUT2D eigenvalue weighted by molar-refractivity contribution is -0.141. The fourth-order valence-corrected chi connectivity index (χ4v) is 4.09. The van der Waals surface area contributed by atoms with Crippen molar-refractivity contribution in [2.75, 3.05) is 18.5 Å². The van der Waals surface area contributed by atoms with Gasteiger partial charge in [-0.15, -0.1) is 0 Å². The molecule has 0 aromatic heterocycles. The van der Waals surface area contributed by atoms with Crippen LogP contribution in [0.25, 0.3) is 10.8 Å². The summed E-state index contributed by atoms with van der Waals surface area (Å²) in [4.78, 5) is 40.9. The first-order chi connectivity index (χ1) is 17.5. The number of nitrogens with one attached hydrogen (secondary N) is 2. The molecule has 0 heterocycles. The maximum absolute atomic E-state index is 13.7. The van der Waals surface area contributed by atoms with E-state index in [1.54, 1.807) is 33.8 Å². The zero-order chi connectivity index (χ0) is 27.2. The first-order valence-corrected chi connectivity index (χ1v) is 12.3. The number of fused-ring (bicyclic) bond motifs is 1. The SMILES string of the molecule is CCN(C(=O)C(CO)NC(=O)OC(C)(C)C)C(C(=O)Nc1ccc2ccccc2c1)c1cccc(C)c1. The Labute approximate surface area is 217 Å². The maximum Gasteiger partial charge on any atom is 0.408 e. The van der Waals surface area contributed by atoms with Crippen LogP contribution in [0.1, 0.15) is 44.9 Å². The third-order valence-corrected chi connectivity index (χ3v) is 5.73. The highest BCUT2D eigenvalue weighted by Crippen LogP contribution is 2.26. The van der Waals surface area contributed by atoms with E-state index in [1.165, 1.54) is 4.90 Å². The van der Waals surface area contributed by atoms with Gasteiger partial charge in [0, 0.05) is 12.2 Å². The van der Waals surface area contributed by atoms with Crippen LogP contribution in [-0.4, -0.2) is 52.7 Å². The van der Waals surface area contributed by atoms with Gasteiger partial charge in [0.1, 0.15) is 17.7 Å². The van der Waals surface area contributed by atoms with Crippen molar-refractivity contribution < 1.29 is 24.2 Å². The summed E-state index contributed by atoms with van der Waals surface area (Å²) in [6.07, 6.45) is -0.830. The number of carbonyl (C=O) groups is 3. The number of rotatable bonds is 8. The fraction of sp³-hybridized carbons (Fsp3) is 0.345. The number of aliphatic hydroxyl groups is 1. The van der Waals surface area contributed by atoms with Crippen molar-refractivity contribution in [3.8, 4) is 0 Å². The predicted octanol–water partition coefficient (Wildman–Crippen LogP) is 4.56. The normalized spacial score (nSPS) is 12.9. The predicted molar refractivity (Wildman–Crippen MR) is 144 cm³/mol. The Kier molecular flexibility index (Phi) is 8.89. The van der Waals surface area contributed by atoms with Crippen LogP contribution in [0.4, 0.5) is 10.5 Å². The van der Waals surface area contributed by atoms with E-state index in [0.717, 1.165) is 16.3 Å². The largest absolute Gasteiger partial charge is 0.444 e. The van der Waals surface area contributed by atoms with Crippen LogP contribution in [-0.2, 0) is 14.3 Å². The Morgan fingerprint density at radius 3 is 2.30 bits per heavy atom. The molecule has 3 amide bonds. The van der Waals surface area contributed by atoms with Gasteiger partial charge in [-0.3, -0.25) is 9.59 Å². The van der Waals surface area contributed by atoms with Crippen molar-refractivity contribution >= 4 is 34.4 Å². The number of likely N-dealkylation sites (N-methyl/N-ethyl adjacent to an activating group) is 1. The summed E-state index contributed by atoms with van der Waals surface area (Å²) in [6.45, 7) is 8.26. The Bertz CT molecular complexity index is 1270. The van der Waals surface area contributed by atoms with E-state index in [4.69, 9.17) is 4.74 Å². The second-order valence-electron chi connectivity index (χ2n) is 9.87. The van der Waals surface area contributed by atoms with Crippen molar-refractivity contribution in [2.24, 2.45) is 0 Å². The van der Waals surface area contributed by atoms with E-state index < -0.39 is 42.2 Å². The van der Waals surface area contributed by atoms with Gasteiger partial charge in [0.15, 0.2) is 0 Å². The van der Waals surface area contributed by atoms with Crippen molar-refractivity contribution in [1.82, 2.24) is 10.2 Å². The van der Waals surface area contributed by atoms with E-state index in [1.807, 2.05) is 67.6 Å². The molecule has 196 valence electrons. The second-order valence-corrected chi connectivity index (χ2v) is 9.87. The van der Waals surface area contributed by atoms with E-state index in [2.05, 4.69) is 10.6 Å². The molecule has 2 unspecified atom stereocenters. The van der Waals surface area contributed by atoms with Gasteiger partial charge < -0.3 is 25.4 Å². The molecule has 0 fully saturated rings. The number of aryl methyl sites for hydroxylation is 1. The fourth-order valence-electron chi connectivity index (χ4n) is 4.09. The zero-order valence-corrected chi connectivity index (χ0v) is 21.9. The lowest BCUT2D eigenvalue weighted by Crippen LogP contribution is -2.53. The summed E-state index contributed by atoms with van der Waals surface area (Å²) in [5.41, 5.74) is 1.36. The minimum atomic E-state index is -1.28. The lowest BCUT2D eigenvalue weighted by atomic mass is 10.0. The average molecular weight is 506 g/mol. The molecule has 8 heteroatoms. The molecule has 8 nitrogen and oxygen atoms in total. The molecule has 0 aliphatic heterocycles. The van der Waals surface area contributed by atoms with Gasteiger partial charge in [-0.25, -0.2) is 4.79 Å². The Hall–Kier alpha value is -3.91. The Morgan fingerprint density at radius 1 is 0.973 bits per heavy atom. The molecular formula is C29H35N3O5. The third-order valence-electron chi connectivity index (χ3n) is 5.73. The van der Waals surface area contributed by atoms with Gasteiger partial charge in [0.2, 0.25) is 5.91 Å². The molecule has 3 N–H and O–H groups in total. The van der Waals surface area contributed by atoms with Gasteiger partial charge in [-0.1, -0.05) is 60.2 Å². The number of alkyl carbamates (subject to hydrolysis) is 1. The smallest absolute Gasteiger partial charge is 0.408 e. The molecule has 0 aliphatic carbocycles. The molecule has 0 bridgehead atoms. The molecule has 0 spiro atoms. The summed E-state index contributed by atoms with van der Waals surface area (Å²) in [7, 11) is 0. The summed E-state index contributed by atoms with van der Waals surface area (Å²) >= 11 is 0. The van der Waals surface area contributed by atoms with Gasteiger partial charge in [0.25, 0.3) is 5.91 Å². The summed E-state index contributed by atoms with van der Waals surface area (Å²) < 4.78 is 5.24. The van der Waals surface area contributed by atoms with Crippen LogP contribution in [0, 0.1) is 6.92 Å². The molecule has 0 saturated carbocycles. The Balaban J connectivity index is 1.92. The summed E-state index contributed by atoms with van der Waals surface area (Å²) in [6, 6.07) is 18.5. The Morgan fingerprint density at radius 2 is 1.68 bits per heavy atom. The zero-order valence-electron chi connectivity index (χ0n) is 21.9. The maximum atomic E-state index is 13.7. The highest BCUT2D eigenvalue weighted by Gasteiger charge is 2.35. The van der Waals surface area contributed by atoms with Gasteiger partial charge >= 0.3 is 6.09 Å². The molecule has 2 atom stereocenters. The number of amides is 3. The number of nitrogens with zero attached hydrogens (tertiary/aromatic N) is 1. The minimum Gasteiger partial charge on any atom is -0.444 e. The van der Waals surface area contributed by atoms with Gasteiger partial charge in [0.05, 0.1) is 6.61 Å². The molecule has 0 saturated heterocycles. The number of hydrogen-bond acceptors (Lipinski definition) is 5. The highest BCUT2D eigenvalue weighted by molar-refractivity contribution is 6.00. The quantitative estimate of drug-likeness (QED) is 0.416. The number of anilines is 1. The van der Waals surface area contributed by atoms with Crippen LogP contribution in [0.15, 0.2) is 66.7 Å². The molecule has 0 aliphatic rings. The average Bonchev–Trinajstić information content (AvgIpc) is 2.84. The van der Waals surface area contributed by atoms with Crippen molar-refractivity contribution in [1.29, 1.82) is 0 Å². The highest BCUT2D eigenvalue weighted by atomic mass is 16.6. The molecule has 3 aromatic rings. The van der Waals surface area contributed by atoms with E-state index in [0.29, 0.717) is 11.3 Å². The standard InChI is InChI=1S/C29H35N3O5/c1-6-32(27(35)24(18-33)31-28(36)37-29(3,4)5)25(22-13-9-10-19(2)16-22)26(34)30-23-15-14-20-11-7-8-12-21(20)17-23/h7-17,24-25,33H,6,18H2,1-5H3,(H,30,34)(H,31,36). The molecule has 37 heavy (non-hydrogen) atoms. The monoisotopic (exact) mass is 505 g/mol. The summed E-state index contributed by atoms with van der Waals surface area (Å²) in [5, 5.41) is 17.3. The molecular weight excluding hydrogens is 470 g/mol. The molecule has 0 radical (unpaired) electrons. The van der Waals surface area contributed by atoms with Crippen LogP contribution in [0.2, 0.25) is 0 Å². The number of aliphatic hydroxyl groups excluding tert-OH is 1. The third kappa shape index (κ3) is 7.30. The van der Waals surface area contributed by atoms with Crippen molar-refractivity contribution in [3.05, 3.63) is 77.9 Å². The van der Waals surface area contributed by atoms with Crippen LogP contribution in [0.3, 0.4) is 0 Å². The van der Waals surface area contributed by atoms with E-state index in [9.17, 15) is 19.5 Å². The van der Waals surface area contributed by atoms with Gasteiger partial charge in [-0.05, 0) is 63.1 Å². The minimum absolute atomic E-state index is 0.162. The molecule has 3 rings (SSSR count). The van der Waals surface area contributed by atoms with Gasteiger partial charge in [-0.2, -0.15) is 0 Å². The lowest BCUT2D eigenvalue weighted by Gasteiger charge is -2.33. The second kappa shape index (κ2) is 11.9. The van der Waals surface area contributed by atoms with Crippen molar-refractivity contribution in [2.45, 2.75) is 52.3 Å². The number of hydrogen-bond donors (Lipinski definition) is 3. The first kappa shape index (κ1) is 27.7. The van der Waals surface area contributed by atoms with Crippen LogP contribution >= 0.6 is 0 Å². The van der Waals surface area contributed by atoms with Crippen molar-refractivity contribution in [3.63, 3.8) is 0 Å². The first-order valence-electron chi connectivity index (χ1n) is 12.3. The number of ether oxygens (including phenoxy) is 1. The molecule has 3 aromatic carbocycles. The van der Waals surface area contributed by atoms with Crippen LogP contribution < -0.4 is 10.6 Å². The topological polar surface area (TPSA) is 108 Å². The van der Waals surface area contributed by atoms with E-state index in [-0.39, 0.29) is 6.54 Å². The number of carbonyl (C=O) groups excluding carboxylic acids is 3. The number of benzene rings is 3. The van der Waals surface area contributed by atoms with Crippen LogP contribution in [0.5, 0.6) is 0 Å². The van der Waals surface area contributed by atoms with E-state index >= 15 is 0 Å².